The number of rotatable bonds is 8. The Hall–Kier alpha value is -2.41. The predicted octanol–water partition coefficient (Wildman–Crippen LogP) is 4.17. The SMILES string of the molecule is C=CCn1c(Cc2ccccc2)nnc1S[C@@H](C)c1nc(C2CC2)no1. The van der Waals surface area contributed by atoms with Gasteiger partial charge in [-0.15, -0.1) is 16.8 Å². The number of hydrogen-bond donors (Lipinski definition) is 0. The molecule has 0 unspecified atom stereocenters. The first-order chi connectivity index (χ1) is 12.7. The van der Waals surface area contributed by atoms with Crippen molar-refractivity contribution in [2.75, 3.05) is 0 Å². The molecular formula is C19H21N5OS. The first-order valence-corrected chi connectivity index (χ1v) is 9.69. The van der Waals surface area contributed by atoms with Crippen LogP contribution in [0.3, 0.4) is 0 Å². The highest BCUT2D eigenvalue weighted by Crippen LogP contribution is 2.40. The maximum atomic E-state index is 5.44. The number of benzene rings is 1. The summed E-state index contributed by atoms with van der Waals surface area (Å²) in [6, 6.07) is 10.3. The molecule has 0 amide bonds. The van der Waals surface area contributed by atoms with Crippen molar-refractivity contribution in [1.82, 2.24) is 24.9 Å². The first kappa shape index (κ1) is 17.0. The summed E-state index contributed by atoms with van der Waals surface area (Å²) in [6.45, 7) is 6.59. The van der Waals surface area contributed by atoms with Gasteiger partial charge < -0.3 is 9.09 Å². The Bertz CT molecular complexity index is 884. The maximum absolute atomic E-state index is 5.44. The summed E-state index contributed by atoms with van der Waals surface area (Å²) < 4.78 is 7.54. The molecule has 2 aromatic heterocycles. The molecule has 0 bridgehead atoms. The lowest BCUT2D eigenvalue weighted by molar-refractivity contribution is 0.374. The fourth-order valence-corrected chi connectivity index (χ4v) is 3.66. The van der Waals surface area contributed by atoms with Gasteiger partial charge in [0.25, 0.3) is 0 Å². The van der Waals surface area contributed by atoms with Gasteiger partial charge in [-0.05, 0) is 25.3 Å². The van der Waals surface area contributed by atoms with Gasteiger partial charge in [-0.25, -0.2) is 0 Å². The van der Waals surface area contributed by atoms with E-state index in [0.29, 0.717) is 18.4 Å². The molecule has 3 aromatic rings. The van der Waals surface area contributed by atoms with Crippen molar-refractivity contribution >= 4 is 11.8 Å². The van der Waals surface area contributed by atoms with Crippen molar-refractivity contribution in [3.8, 4) is 0 Å². The van der Waals surface area contributed by atoms with Crippen molar-refractivity contribution in [3.05, 3.63) is 66.1 Å². The molecule has 26 heavy (non-hydrogen) atoms. The largest absolute Gasteiger partial charge is 0.338 e. The van der Waals surface area contributed by atoms with Crippen molar-refractivity contribution in [3.63, 3.8) is 0 Å². The minimum Gasteiger partial charge on any atom is -0.338 e. The van der Waals surface area contributed by atoms with Crippen molar-refractivity contribution < 1.29 is 4.52 Å². The monoisotopic (exact) mass is 367 g/mol. The van der Waals surface area contributed by atoms with Gasteiger partial charge in [0.05, 0.1) is 5.25 Å². The van der Waals surface area contributed by atoms with Crippen LogP contribution >= 0.6 is 11.8 Å². The van der Waals surface area contributed by atoms with Crippen LogP contribution in [-0.2, 0) is 13.0 Å². The van der Waals surface area contributed by atoms with E-state index in [0.717, 1.165) is 36.1 Å². The van der Waals surface area contributed by atoms with Crippen LogP contribution in [0.2, 0.25) is 0 Å². The lowest BCUT2D eigenvalue weighted by Gasteiger charge is -2.09. The van der Waals surface area contributed by atoms with Crippen LogP contribution in [0.1, 0.15) is 54.0 Å². The van der Waals surface area contributed by atoms with E-state index in [4.69, 9.17) is 4.52 Å². The van der Waals surface area contributed by atoms with Gasteiger partial charge in [0.1, 0.15) is 5.82 Å². The number of thioether (sulfide) groups is 1. The third-order valence-electron chi connectivity index (χ3n) is 4.34. The molecular weight excluding hydrogens is 346 g/mol. The van der Waals surface area contributed by atoms with E-state index >= 15 is 0 Å². The molecule has 7 heteroatoms. The van der Waals surface area contributed by atoms with E-state index in [1.54, 1.807) is 11.8 Å². The number of allylic oxidation sites excluding steroid dienone is 1. The smallest absolute Gasteiger partial charge is 0.239 e. The van der Waals surface area contributed by atoms with Crippen LogP contribution in [0.25, 0.3) is 0 Å². The summed E-state index contributed by atoms with van der Waals surface area (Å²) in [6.07, 6.45) is 4.93. The average molecular weight is 367 g/mol. The summed E-state index contributed by atoms with van der Waals surface area (Å²) in [4.78, 5) is 4.54. The van der Waals surface area contributed by atoms with Gasteiger partial charge in [0, 0.05) is 18.9 Å². The molecule has 0 N–H and O–H groups in total. The Kier molecular flexibility index (Phi) is 4.88. The van der Waals surface area contributed by atoms with Crippen LogP contribution in [0.4, 0.5) is 0 Å². The highest BCUT2D eigenvalue weighted by Gasteiger charge is 2.30. The Morgan fingerprint density at radius 1 is 1.31 bits per heavy atom. The Morgan fingerprint density at radius 2 is 2.12 bits per heavy atom. The Balaban J connectivity index is 1.52. The van der Waals surface area contributed by atoms with E-state index in [1.165, 1.54) is 5.56 Å². The van der Waals surface area contributed by atoms with Crippen LogP contribution in [0, 0.1) is 0 Å². The maximum Gasteiger partial charge on any atom is 0.239 e. The van der Waals surface area contributed by atoms with Crippen LogP contribution in [0.15, 0.2) is 52.7 Å². The molecule has 6 nitrogen and oxygen atoms in total. The summed E-state index contributed by atoms with van der Waals surface area (Å²) in [5.74, 6) is 2.90. The molecule has 1 saturated carbocycles. The van der Waals surface area contributed by atoms with Gasteiger partial charge in [0.15, 0.2) is 11.0 Å². The lowest BCUT2D eigenvalue weighted by atomic mass is 10.1. The van der Waals surface area contributed by atoms with Crippen molar-refractivity contribution in [1.29, 1.82) is 0 Å². The van der Waals surface area contributed by atoms with Gasteiger partial charge in [0.2, 0.25) is 5.89 Å². The van der Waals surface area contributed by atoms with Crippen LogP contribution < -0.4 is 0 Å². The van der Waals surface area contributed by atoms with E-state index in [-0.39, 0.29) is 5.25 Å². The summed E-state index contributed by atoms with van der Waals surface area (Å²) in [7, 11) is 0. The molecule has 1 atom stereocenters. The molecule has 0 radical (unpaired) electrons. The second-order valence-electron chi connectivity index (χ2n) is 6.49. The number of aromatic nitrogens is 5. The highest BCUT2D eigenvalue weighted by atomic mass is 32.2. The predicted molar refractivity (Wildman–Crippen MR) is 100 cm³/mol. The second kappa shape index (κ2) is 7.45. The van der Waals surface area contributed by atoms with Gasteiger partial charge in [-0.1, -0.05) is 53.3 Å². The van der Waals surface area contributed by atoms with Crippen LogP contribution in [-0.4, -0.2) is 24.9 Å². The topological polar surface area (TPSA) is 69.6 Å². The zero-order chi connectivity index (χ0) is 17.9. The van der Waals surface area contributed by atoms with E-state index in [9.17, 15) is 0 Å². The average Bonchev–Trinajstić information content (AvgIpc) is 3.28. The zero-order valence-corrected chi connectivity index (χ0v) is 15.5. The van der Waals surface area contributed by atoms with Gasteiger partial charge >= 0.3 is 0 Å². The quantitative estimate of drug-likeness (QED) is 0.440. The number of nitrogens with zero attached hydrogens (tertiary/aromatic N) is 5. The molecule has 1 aromatic carbocycles. The lowest BCUT2D eigenvalue weighted by Crippen LogP contribution is -2.05. The van der Waals surface area contributed by atoms with E-state index in [2.05, 4.69) is 50.5 Å². The molecule has 1 aliphatic carbocycles. The van der Waals surface area contributed by atoms with Crippen LogP contribution in [0.5, 0.6) is 0 Å². The second-order valence-corrected chi connectivity index (χ2v) is 7.79. The van der Waals surface area contributed by atoms with E-state index in [1.807, 2.05) is 24.3 Å². The molecule has 134 valence electrons. The minimum absolute atomic E-state index is 0.0207. The third kappa shape index (κ3) is 3.72. The fraction of sp³-hybridized carbons (Fsp3) is 0.368. The molecule has 0 spiro atoms. The van der Waals surface area contributed by atoms with Crippen molar-refractivity contribution in [2.45, 2.75) is 49.1 Å². The van der Waals surface area contributed by atoms with Gasteiger partial charge in [-0.3, -0.25) is 0 Å². The molecule has 4 rings (SSSR count). The zero-order valence-electron chi connectivity index (χ0n) is 14.7. The molecule has 1 fully saturated rings. The number of hydrogen-bond acceptors (Lipinski definition) is 6. The summed E-state index contributed by atoms with van der Waals surface area (Å²) in [5, 5.41) is 13.8. The molecule has 1 aliphatic rings. The molecule has 2 heterocycles. The molecule has 0 saturated heterocycles. The van der Waals surface area contributed by atoms with Gasteiger partial charge in [-0.2, -0.15) is 4.98 Å². The third-order valence-corrected chi connectivity index (χ3v) is 5.41. The minimum atomic E-state index is 0.0207. The standard InChI is InChI=1S/C19H21N5OS/c1-3-11-24-16(12-14-7-5-4-6-8-14)21-22-19(24)26-13(2)18-20-17(23-25-18)15-9-10-15/h3-8,13,15H,1,9-12H2,2H3/t13-/m0/s1. The fourth-order valence-electron chi connectivity index (χ4n) is 2.76. The molecule has 0 aliphatic heterocycles. The summed E-state index contributed by atoms with van der Waals surface area (Å²) >= 11 is 1.59. The normalized spacial score (nSPS) is 15.1. The first-order valence-electron chi connectivity index (χ1n) is 8.81. The Morgan fingerprint density at radius 3 is 2.85 bits per heavy atom. The summed E-state index contributed by atoms with van der Waals surface area (Å²) in [5.41, 5.74) is 1.21. The van der Waals surface area contributed by atoms with Crippen molar-refractivity contribution in [2.24, 2.45) is 0 Å². The van der Waals surface area contributed by atoms with E-state index < -0.39 is 0 Å². The Labute approximate surface area is 156 Å². The highest BCUT2D eigenvalue weighted by molar-refractivity contribution is 7.99.